The third-order valence-electron chi connectivity index (χ3n) is 4.06. The van der Waals surface area contributed by atoms with Crippen LogP contribution in [0.2, 0.25) is 0 Å². The van der Waals surface area contributed by atoms with E-state index in [4.69, 9.17) is 4.52 Å². The average molecular weight is 322 g/mol. The fourth-order valence-corrected chi connectivity index (χ4v) is 2.64. The predicted octanol–water partition coefficient (Wildman–Crippen LogP) is 4.22. The minimum Gasteiger partial charge on any atom is -0.334 e. The molecule has 0 spiro atoms. The molecular weight excluding hydrogens is 307 g/mol. The van der Waals surface area contributed by atoms with Crippen LogP contribution in [0.4, 0.5) is 4.39 Å². The average Bonchev–Trinajstić information content (AvgIpc) is 3.23. The van der Waals surface area contributed by atoms with Gasteiger partial charge in [-0.25, -0.2) is 9.37 Å². The van der Waals surface area contributed by atoms with Crippen molar-refractivity contribution in [1.29, 1.82) is 0 Å². The molecule has 0 bridgehead atoms. The number of hydrogen-bond acceptors (Lipinski definition) is 4. The van der Waals surface area contributed by atoms with E-state index in [1.807, 2.05) is 24.5 Å². The second kappa shape index (κ2) is 5.56. The largest absolute Gasteiger partial charge is 0.334 e. The monoisotopic (exact) mass is 322 g/mol. The molecule has 6 heteroatoms. The lowest BCUT2D eigenvalue weighted by Gasteiger charge is -1.99. The highest BCUT2D eigenvalue weighted by Gasteiger charge is 2.13. The summed E-state index contributed by atoms with van der Waals surface area (Å²) >= 11 is 0. The second-order valence-corrected chi connectivity index (χ2v) is 5.62. The van der Waals surface area contributed by atoms with E-state index >= 15 is 0 Å². The Bertz CT molecular complexity index is 1030. The number of nitrogens with zero attached hydrogens (tertiary/aromatic N) is 4. The molecular formula is C18H15FN4O. The first-order valence-electron chi connectivity index (χ1n) is 7.71. The van der Waals surface area contributed by atoms with Gasteiger partial charge < -0.3 is 9.09 Å². The number of imidazole rings is 1. The molecule has 24 heavy (non-hydrogen) atoms. The van der Waals surface area contributed by atoms with E-state index in [2.05, 4.69) is 26.6 Å². The van der Waals surface area contributed by atoms with Crippen molar-refractivity contribution in [3.63, 3.8) is 0 Å². The van der Waals surface area contributed by atoms with Crippen LogP contribution >= 0.6 is 0 Å². The maximum Gasteiger partial charge on any atom is 0.258 e. The molecule has 120 valence electrons. The first kappa shape index (κ1) is 14.6. The Balaban J connectivity index is 1.73. The summed E-state index contributed by atoms with van der Waals surface area (Å²) in [5.74, 6) is 0.459. The molecule has 0 aliphatic heterocycles. The first-order valence-corrected chi connectivity index (χ1v) is 7.71. The lowest BCUT2D eigenvalue weighted by atomic mass is 10.1. The van der Waals surface area contributed by atoms with Crippen molar-refractivity contribution in [3.8, 4) is 22.8 Å². The summed E-state index contributed by atoms with van der Waals surface area (Å²) in [6.45, 7) is 4.64. The lowest BCUT2D eigenvalue weighted by molar-refractivity contribution is 0.432. The maximum atomic E-state index is 13.7. The number of aryl methyl sites for hydroxylation is 2. The molecule has 0 N–H and O–H groups in total. The Labute approximate surface area is 137 Å². The van der Waals surface area contributed by atoms with Gasteiger partial charge in [-0.2, -0.15) is 4.98 Å². The van der Waals surface area contributed by atoms with Gasteiger partial charge in [0.05, 0.1) is 17.4 Å². The minimum atomic E-state index is -0.293. The van der Waals surface area contributed by atoms with Gasteiger partial charge in [-0.3, -0.25) is 0 Å². The SMILES string of the molecule is CCn1cnc2cc(-c3noc(-c4ccc(C)c(F)c4)n3)ccc21. The minimum absolute atomic E-state index is 0.293. The Morgan fingerprint density at radius 2 is 1.96 bits per heavy atom. The summed E-state index contributed by atoms with van der Waals surface area (Å²) in [7, 11) is 0. The van der Waals surface area contributed by atoms with Crippen LogP contribution < -0.4 is 0 Å². The molecule has 0 fully saturated rings. The van der Waals surface area contributed by atoms with Crippen molar-refractivity contribution < 1.29 is 8.91 Å². The highest BCUT2D eigenvalue weighted by atomic mass is 19.1. The number of rotatable bonds is 3. The molecule has 0 amide bonds. The zero-order valence-electron chi connectivity index (χ0n) is 13.3. The van der Waals surface area contributed by atoms with E-state index < -0.39 is 0 Å². The van der Waals surface area contributed by atoms with Crippen molar-refractivity contribution in [2.45, 2.75) is 20.4 Å². The summed E-state index contributed by atoms with van der Waals surface area (Å²) in [6.07, 6.45) is 1.81. The zero-order valence-corrected chi connectivity index (χ0v) is 13.3. The van der Waals surface area contributed by atoms with Crippen molar-refractivity contribution in [3.05, 3.63) is 54.1 Å². The van der Waals surface area contributed by atoms with E-state index in [-0.39, 0.29) is 5.82 Å². The molecule has 2 heterocycles. The summed E-state index contributed by atoms with van der Waals surface area (Å²) in [5, 5.41) is 4.01. The fraction of sp³-hybridized carbons (Fsp3) is 0.167. The zero-order chi connectivity index (χ0) is 16.7. The highest BCUT2D eigenvalue weighted by Crippen LogP contribution is 2.25. The van der Waals surface area contributed by atoms with E-state index in [0.29, 0.717) is 22.8 Å². The summed E-state index contributed by atoms with van der Waals surface area (Å²) in [5.41, 5.74) is 3.89. The van der Waals surface area contributed by atoms with Gasteiger partial charge in [-0.15, -0.1) is 0 Å². The highest BCUT2D eigenvalue weighted by molar-refractivity contribution is 5.80. The molecule has 0 saturated carbocycles. The van der Waals surface area contributed by atoms with E-state index in [1.165, 1.54) is 6.07 Å². The van der Waals surface area contributed by atoms with Crippen molar-refractivity contribution >= 4 is 11.0 Å². The molecule has 0 saturated heterocycles. The third kappa shape index (κ3) is 2.36. The fourth-order valence-electron chi connectivity index (χ4n) is 2.64. The molecule has 0 unspecified atom stereocenters. The summed E-state index contributed by atoms with van der Waals surface area (Å²) in [4.78, 5) is 8.77. The van der Waals surface area contributed by atoms with Crippen LogP contribution in [0.3, 0.4) is 0 Å². The van der Waals surface area contributed by atoms with Crippen molar-refractivity contribution in [2.24, 2.45) is 0 Å². The number of fused-ring (bicyclic) bond motifs is 1. The molecule has 2 aromatic heterocycles. The van der Waals surface area contributed by atoms with Gasteiger partial charge >= 0.3 is 0 Å². The van der Waals surface area contributed by atoms with Crippen LogP contribution in [0.15, 0.2) is 47.2 Å². The number of halogens is 1. The van der Waals surface area contributed by atoms with E-state index in [1.54, 1.807) is 19.1 Å². The molecule has 0 aliphatic carbocycles. The maximum absolute atomic E-state index is 13.7. The van der Waals surface area contributed by atoms with Gasteiger partial charge in [0.1, 0.15) is 5.82 Å². The molecule has 2 aromatic carbocycles. The Hall–Kier alpha value is -3.02. The standard InChI is InChI=1S/C18H15FN4O/c1-3-23-10-20-15-9-12(6-7-16(15)23)17-21-18(24-22-17)13-5-4-11(2)14(19)8-13/h4-10H,3H2,1-2H3. The van der Waals surface area contributed by atoms with Crippen molar-refractivity contribution in [2.75, 3.05) is 0 Å². The number of hydrogen-bond donors (Lipinski definition) is 0. The van der Waals surface area contributed by atoms with Crippen LogP contribution in [-0.4, -0.2) is 19.7 Å². The Morgan fingerprint density at radius 3 is 2.75 bits per heavy atom. The molecule has 4 rings (SSSR count). The molecule has 0 aliphatic rings. The lowest BCUT2D eigenvalue weighted by Crippen LogP contribution is -1.90. The van der Waals surface area contributed by atoms with Gasteiger partial charge in [0.15, 0.2) is 0 Å². The smallest absolute Gasteiger partial charge is 0.258 e. The second-order valence-electron chi connectivity index (χ2n) is 5.62. The topological polar surface area (TPSA) is 56.7 Å². The summed E-state index contributed by atoms with van der Waals surface area (Å²) < 4.78 is 21.1. The van der Waals surface area contributed by atoms with Gasteiger partial charge in [-0.1, -0.05) is 11.2 Å². The van der Waals surface area contributed by atoms with Crippen LogP contribution in [0.1, 0.15) is 12.5 Å². The van der Waals surface area contributed by atoms with E-state index in [0.717, 1.165) is 23.1 Å². The Kier molecular flexibility index (Phi) is 3.37. The first-order chi connectivity index (χ1) is 11.7. The van der Waals surface area contributed by atoms with Crippen LogP contribution in [0, 0.1) is 12.7 Å². The molecule has 0 atom stereocenters. The predicted molar refractivity (Wildman–Crippen MR) is 88.8 cm³/mol. The number of benzene rings is 2. The van der Waals surface area contributed by atoms with Crippen LogP contribution in [0.25, 0.3) is 33.9 Å². The van der Waals surface area contributed by atoms with E-state index in [9.17, 15) is 4.39 Å². The van der Waals surface area contributed by atoms with Gasteiger partial charge in [0.25, 0.3) is 5.89 Å². The molecule has 5 nitrogen and oxygen atoms in total. The van der Waals surface area contributed by atoms with Crippen LogP contribution in [-0.2, 0) is 6.54 Å². The Morgan fingerprint density at radius 1 is 1.12 bits per heavy atom. The van der Waals surface area contributed by atoms with Gasteiger partial charge in [0.2, 0.25) is 5.82 Å². The quantitative estimate of drug-likeness (QED) is 0.566. The molecule has 0 radical (unpaired) electrons. The van der Waals surface area contributed by atoms with Gasteiger partial charge in [-0.05, 0) is 49.7 Å². The normalized spacial score (nSPS) is 11.3. The molecule has 4 aromatic rings. The summed E-state index contributed by atoms with van der Waals surface area (Å²) in [6, 6.07) is 10.7. The van der Waals surface area contributed by atoms with Gasteiger partial charge in [0, 0.05) is 17.7 Å². The van der Waals surface area contributed by atoms with Crippen molar-refractivity contribution in [1.82, 2.24) is 19.7 Å². The third-order valence-corrected chi connectivity index (χ3v) is 4.06. The van der Waals surface area contributed by atoms with Crippen LogP contribution in [0.5, 0.6) is 0 Å². The number of aromatic nitrogens is 4.